The molecule has 0 bridgehead atoms. The van der Waals surface area contributed by atoms with Crippen LogP contribution >= 0.6 is 12.6 Å². The molecule has 0 aromatic heterocycles. The van der Waals surface area contributed by atoms with Crippen molar-refractivity contribution in [2.45, 2.75) is 37.0 Å². The number of carbonyl (C=O) groups excluding carboxylic acids is 1. The molecule has 0 fully saturated rings. The van der Waals surface area contributed by atoms with Gasteiger partial charge in [-0.25, -0.2) is 0 Å². The molecule has 3 nitrogen and oxygen atoms in total. The summed E-state index contributed by atoms with van der Waals surface area (Å²) in [5.74, 6) is 0.902. The summed E-state index contributed by atoms with van der Waals surface area (Å²) >= 11 is 4.39. The van der Waals surface area contributed by atoms with E-state index in [0.29, 0.717) is 13.0 Å². The zero-order valence-corrected chi connectivity index (χ0v) is 11.6. The van der Waals surface area contributed by atoms with Gasteiger partial charge in [-0.15, -0.1) is 12.6 Å². The number of hydrogen-bond acceptors (Lipinski definition) is 4. The molecule has 0 saturated carbocycles. The number of carbonyl (C=O) groups is 1. The van der Waals surface area contributed by atoms with Gasteiger partial charge in [-0.2, -0.15) is 0 Å². The summed E-state index contributed by atoms with van der Waals surface area (Å²) in [4.78, 5) is 12.4. The van der Waals surface area contributed by atoms with Gasteiger partial charge < -0.3 is 9.47 Å². The maximum atomic E-state index is 11.6. The normalized spacial score (nSPS) is 17.4. The lowest BCUT2D eigenvalue weighted by Crippen LogP contribution is -2.08. The molecule has 1 aliphatic carbocycles. The first-order valence-corrected chi connectivity index (χ1v) is 6.65. The van der Waals surface area contributed by atoms with Crippen molar-refractivity contribution >= 4 is 18.6 Å². The molecule has 2 rings (SSSR count). The Kier molecular flexibility index (Phi) is 4.17. The van der Waals surface area contributed by atoms with Gasteiger partial charge in [0.1, 0.15) is 5.75 Å². The van der Waals surface area contributed by atoms with Crippen molar-refractivity contribution < 1.29 is 14.3 Å². The second kappa shape index (κ2) is 5.65. The Morgan fingerprint density at radius 3 is 2.94 bits per heavy atom. The van der Waals surface area contributed by atoms with Gasteiger partial charge >= 0.3 is 5.97 Å². The lowest BCUT2D eigenvalue weighted by Gasteiger charge is -2.13. The molecule has 0 heterocycles. The number of fused-ring (bicyclic) bond motifs is 1. The highest BCUT2D eigenvalue weighted by Gasteiger charge is 2.26. The highest BCUT2D eigenvalue weighted by atomic mass is 32.1. The average Bonchev–Trinajstić information content (AvgIpc) is 2.70. The summed E-state index contributed by atoms with van der Waals surface area (Å²) in [7, 11) is 1.64. The van der Waals surface area contributed by atoms with Gasteiger partial charge in [-0.05, 0) is 48.9 Å². The van der Waals surface area contributed by atoms with Crippen molar-refractivity contribution in [1.82, 2.24) is 0 Å². The van der Waals surface area contributed by atoms with E-state index in [4.69, 9.17) is 9.47 Å². The van der Waals surface area contributed by atoms with E-state index in [1.54, 1.807) is 7.11 Å². The number of methoxy groups -OCH3 is 1. The molecule has 0 aliphatic heterocycles. The van der Waals surface area contributed by atoms with Crippen molar-refractivity contribution in [2.24, 2.45) is 0 Å². The van der Waals surface area contributed by atoms with E-state index in [2.05, 4.69) is 12.6 Å². The third-order valence-electron chi connectivity index (χ3n) is 3.36. The molecule has 4 heteroatoms. The van der Waals surface area contributed by atoms with E-state index in [-0.39, 0.29) is 11.9 Å². The molecule has 1 atom stereocenters. The van der Waals surface area contributed by atoms with Gasteiger partial charge in [0.2, 0.25) is 0 Å². The van der Waals surface area contributed by atoms with Crippen molar-refractivity contribution in [1.29, 1.82) is 0 Å². The van der Waals surface area contributed by atoms with Crippen LogP contribution in [0.5, 0.6) is 5.75 Å². The smallest absolute Gasteiger partial charge is 0.306 e. The van der Waals surface area contributed by atoms with Gasteiger partial charge in [0, 0.05) is 4.90 Å². The van der Waals surface area contributed by atoms with E-state index < -0.39 is 0 Å². The van der Waals surface area contributed by atoms with E-state index in [1.165, 1.54) is 11.1 Å². The molecule has 1 aliphatic rings. The predicted molar refractivity (Wildman–Crippen MR) is 72.6 cm³/mol. The fourth-order valence-corrected chi connectivity index (χ4v) is 2.82. The summed E-state index contributed by atoms with van der Waals surface area (Å²) in [6, 6.07) is 4.05. The first-order chi connectivity index (χ1) is 8.65. The van der Waals surface area contributed by atoms with Gasteiger partial charge in [-0.1, -0.05) is 0 Å². The number of hydrogen-bond donors (Lipinski definition) is 1. The number of aryl methyl sites for hydroxylation is 1. The highest BCUT2D eigenvalue weighted by molar-refractivity contribution is 7.80. The van der Waals surface area contributed by atoms with Gasteiger partial charge in [0.05, 0.1) is 20.1 Å². The topological polar surface area (TPSA) is 35.5 Å². The van der Waals surface area contributed by atoms with Crippen molar-refractivity contribution in [3.05, 3.63) is 23.3 Å². The standard InChI is InChI=1S/C14H18O3S/c1-3-17-14(15)7-10-5-4-9-6-13(18)12(16-2)8-11(9)10/h6,8,10,18H,3-5,7H2,1-2H3. The Balaban J connectivity index is 2.19. The summed E-state index contributed by atoms with van der Waals surface area (Å²) in [5, 5.41) is 0. The molecule has 1 unspecified atom stereocenters. The summed E-state index contributed by atoms with van der Waals surface area (Å²) in [6.45, 7) is 2.27. The van der Waals surface area contributed by atoms with Crippen LogP contribution in [0, 0.1) is 0 Å². The van der Waals surface area contributed by atoms with E-state index in [9.17, 15) is 4.79 Å². The van der Waals surface area contributed by atoms with Crippen molar-refractivity contribution in [3.63, 3.8) is 0 Å². The molecular formula is C14H18O3S. The Hall–Kier alpha value is -1.16. The number of thiol groups is 1. The lowest BCUT2D eigenvalue weighted by atomic mass is 9.98. The Morgan fingerprint density at radius 1 is 1.50 bits per heavy atom. The Morgan fingerprint density at radius 2 is 2.28 bits per heavy atom. The molecule has 1 aromatic rings. The average molecular weight is 266 g/mol. The lowest BCUT2D eigenvalue weighted by molar-refractivity contribution is -0.143. The van der Waals surface area contributed by atoms with Crippen LogP contribution in [0.1, 0.15) is 36.8 Å². The van der Waals surface area contributed by atoms with Crippen molar-refractivity contribution in [2.75, 3.05) is 13.7 Å². The third-order valence-corrected chi connectivity index (χ3v) is 3.71. The summed E-state index contributed by atoms with van der Waals surface area (Å²) in [5.41, 5.74) is 2.48. The first kappa shape index (κ1) is 13.3. The van der Waals surface area contributed by atoms with E-state index in [0.717, 1.165) is 23.5 Å². The van der Waals surface area contributed by atoms with Crippen LogP contribution in [0.4, 0.5) is 0 Å². The summed E-state index contributed by atoms with van der Waals surface area (Å²) < 4.78 is 10.3. The number of rotatable bonds is 4. The second-order valence-electron chi connectivity index (χ2n) is 4.47. The minimum atomic E-state index is -0.121. The van der Waals surface area contributed by atoms with Crippen LogP contribution in [0.15, 0.2) is 17.0 Å². The Labute approximate surface area is 113 Å². The van der Waals surface area contributed by atoms with Crippen LogP contribution in [0.3, 0.4) is 0 Å². The molecule has 1 aromatic carbocycles. The van der Waals surface area contributed by atoms with Crippen LogP contribution in [-0.2, 0) is 16.0 Å². The second-order valence-corrected chi connectivity index (χ2v) is 4.95. The van der Waals surface area contributed by atoms with Gasteiger partial charge in [0.15, 0.2) is 0 Å². The number of benzene rings is 1. The molecule has 98 valence electrons. The SMILES string of the molecule is CCOC(=O)CC1CCc2cc(S)c(OC)cc21. The summed E-state index contributed by atoms with van der Waals surface area (Å²) in [6.07, 6.45) is 2.45. The molecule has 0 spiro atoms. The minimum absolute atomic E-state index is 0.121. The maximum absolute atomic E-state index is 11.6. The zero-order valence-electron chi connectivity index (χ0n) is 10.7. The van der Waals surface area contributed by atoms with Crippen LogP contribution in [0.2, 0.25) is 0 Å². The maximum Gasteiger partial charge on any atom is 0.306 e. The highest BCUT2D eigenvalue weighted by Crippen LogP contribution is 2.40. The third kappa shape index (κ3) is 2.64. The molecule has 0 amide bonds. The fourth-order valence-electron chi connectivity index (χ4n) is 2.51. The number of esters is 1. The van der Waals surface area contributed by atoms with Gasteiger partial charge in [-0.3, -0.25) is 4.79 Å². The quantitative estimate of drug-likeness (QED) is 0.672. The molecule has 0 saturated heterocycles. The van der Waals surface area contributed by atoms with Crippen LogP contribution < -0.4 is 4.74 Å². The zero-order chi connectivity index (χ0) is 13.1. The van der Waals surface area contributed by atoms with Crippen molar-refractivity contribution in [3.8, 4) is 5.75 Å². The largest absolute Gasteiger partial charge is 0.496 e. The fraction of sp³-hybridized carbons (Fsp3) is 0.500. The monoisotopic (exact) mass is 266 g/mol. The van der Waals surface area contributed by atoms with E-state index in [1.807, 2.05) is 19.1 Å². The van der Waals surface area contributed by atoms with E-state index >= 15 is 0 Å². The Bertz CT molecular complexity index is 457. The van der Waals surface area contributed by atoms with Crippen LogP contribution in [0.25, 0.3) is 0 Å². The molecule has 18 heavy (non-hydrogen) atoms. The number of ether oxygens (including phenoxy) is 2. The minimum Gasteiger partial charge on any atom is -0.496 e. The first-order valence-electron chi connectivity index (χ1n) is 6.21. The molecule has 0 radical (unpaired) electrons. The van der Waals surface area contributed by atoms with Gasteiger partial charge in [0.25, 0.3) is 0 Å². The predicted octanol–water partition coefficient (Wildman–Crippen LogP) is 2.97. The molecule has 0 N–H and O–H groups in total. The molecular weight excluding hydrogens is 248 g/mol. The van der Waals surface area contributed by atoms with Crippen LogP contribution in [-0.4, -0.2) is 19.7 Å².